The Kier molecular flexibility index (Phi) is 5.57. The van der Waals surface area contributed by atoms with Crippen LogP contribution in [-0.2, 0) is 4.79 Å². The third-order valence-corrected chi connectivity index (χ3v) is 3.85. The Morgan fingerprint density at radius 1 is 1.56 bits per heavy atom. The zero-order valence-electron chi connectivity index (χ0n) is 11.6. The number of rotatable bonds is 5. The number of piperidine rings is 1. The Labute approximate surface area is 110 Å². The van der Waals surface area contributed by atoms with Crippen LogP contribution >= 0.6 is 0 Å². The molecule has 1 rings (SSSR count). The molecular formula is C13H24N4O. The van der Waals surface area contributed by atoms with E-state index in [9.17, 15) is 4.79 Å². The first kappa shape index (κ1) is 14.9. The van der Waals surface area contributed by atoms with E-state index in [0.29, 0.717) is 0 Å². The lowest BCUT2D eigenvalue weighted by atomic mass is 9.95. The van der Waals surface area contributed by atoms with Gasteiger partial charge in [-0.2, -0.15) is 5.26 Å². The highest BCUT2D eigenvalue weighted by Crippen LogP contribution is 2.18. The van der Waals surface area contributed by atoms with E-state index in [2.05, 4.69) is 21.6 Å². The van der Waals surface area contributed by atoms with Crippen molar-refractivity contribution < 1.29 is 4.79 Å². The molecule has 5 nitrogen and oxygen atoms in total. The molecule has 0 aliphatic carbocycles. The van der Waals surface area contributed by atoms with Gasteiger partial charge in [-0.1, -0.05) is 0 Å². The quantitative estimate of drug-likeness (QED) is 0.740. The van der Waals surface area contributed by atoms with Crippen molar-refractivity contribution in [3.8, 4) is 6.07 Å². The summed E-state index contributed by atoms with van der Waals surface area (Å²) in [5, 5.41) is 14.9. The van der Waals surface area contributed by atoms with E-state index in [4.69, 9.17) is 5.26 Å². The van der Waals surface area contributed by atoms with Gasteiger partial charge in [0.05, 0.1) is 12.0 Å². The van der Waals surface area contributed by atoms with Gasteiger partial charge >= 0.3 is 0 Å². The zero-order chi connectivity index (χ0) is 13.6. The van der Waals surface area contributed by atoms with Gasteiger partial charge in [0.25, 0.3) is 0 Å². The molecule has 0 aromatic carbocycles. The summed E-state index contributed by atoms with van der Waals surface area (Å²) in [7, 11) is 3.50. The molecule has 1 fully saturated rings. The van der Waals surface area contributed by atoms with Gasteiger partial charge in [0.1, 0.15) is 5.54 Å². The predicted octanol–water partition coefficient (Wildman–Crippen LogP) is 0.336. The van der Waals surface area contributed by atoms with Crippen LogP contribution in [0.15, 0.2) is 0 Å². The second-order valence-electron chi connectivity index (χ2n) is 5.20. The first-order valence-corrected chi connectivity index (χ1v) is 6.59. The topological polar surface area (TPSA) is 68.2 Å². The maximum atomic E-state index is 11.6. The smallest absolute Gasteiger partial charge is 0.224 e. The lowest BCUT2D eigenvalue weighted by Gasteiger charge is -2.33. The van der Waals surface area contributed by atoms with Crippen LogP contribution in [0, 0.1) is 17.2 Å². The van der Waals surface area contributed by atoms with Crippen LogP contribution < -0.4 is 10.6 Å². The Morgan fingerprint density at radius 2 is 2.28 bits per heavy atom. The van der Waals surface area contributed by atoms with Crippen molar-refractivity contribution in [1.82, 2.24) is 15.5 Å². The SMILES string of the molecule is CNC(=O)C1CCCN(CCC(C)(C#N)NC)C1. The van der Waals surface area contributed by atoms with Crippen molar-refractivity contribution in [2.24, 2.45) is 5.92 Å². The molecule has 1 aliphatic heterocycles. The summed E-state index contributed by atoms with van der Waals surface area (Å²) in [4.78, 5) is 13.9. The van der Waals surface area contributed by atoms with E-state index in [1.54, 1.807) is 7.05 Å². The highest BCUT2D eigenvalue weighted by atomic mass is 16.1. The Hall–Kier alpha value is -1.12. The van der Waals surface area contributed by atoms with E-state index < -0.39 is 5.54 Å². The Morgan fingerprint density at radius 3 is 2.83 bits per heavy atom. The number of carbonyl (C=O) groups excluding carboxylic acids is 1. The summed E-state index contributed by atoms with van der Waals surface area (Å²) >= 11 is 0. The summed E-state index contributed by atoms with van der Waals surface area (Å²) in [6.45, 7) is 4.61. The standard InChI is InChI=1S/C13H24N4O/c1-13(10-14,16-3)6-8-17-7-4-5-11(9-17)12(18)15-2/h11,16H,4-9H2,1-3H3,(H,15,18). The van der Waals surface area contributed by atoms with Gasteiger partial charge in [-0.15, -0.1) is 0 Å². The fraction of sp³-hybridized carbons (Fsp3) is 0.846. The third-order valence-electron chi connectivity index (χ3n) is 3.85. The molecule has 1 heterocycles. The van der Waals surface area contributed by atoms with Crippen molar-refractivity contribution in [3.05, 3.63) is 0 Å². The molecule has 2 atom stereocenters. The van der Waals surface area contributed by atoms with Gasteiger partial charge < -0.3 is 15.5 Å². The van der Waals surface area contributed by atoms with Crippen molar-refractivity contribution in [2.45, 2.75) is 31.7 Å². The third kappa shape index (κ3) is 3.97. The monoisotopic (exact) mass is 252 g/mol. The highest BCUT2D eigenvalue weighted by Gasteiger charge is 2.27. The van der Waals surface area contributed by atoms with Crippen LogP contribution in [0.2, 0.25) is 0 Å². The molecule has 0 saturated carbocycles. The lowest BCUT2D eigenvalue weighted by Crippen LogP contribution is -2.46. The fourth-order valence-corrected chi connectivity index (χ4v) is 2.30. The minimum absolute atomic E-state index is 0.103. The van der Waals surface area contributed by atoms with Crippen LogP contribution in [0.3, 0.4) is 0 Å². The largest absolute Gasteiger partial charge is 0.359 e. The van der Waals surface area contributed by atoms with Gasteiger partial charge in [0.2, 0.25) is 5.91 Å². The maximum absolute atomic E-state index is 11.6. The number of carbonyl (C=O) groups is 1. The first-order valence-electron chi connectivity index (χ1n) is 6.59. The summed E-state index contributed by atoms with van der Waals surface area (Å²) < 4.78 is 0. The summed E-state index contributed by atoms with van der Waals surface area (Å²) in [6, 6.07) is 2.30. The summed E-state index contributed by atoms with van der Waals surface area (Å²) in [5.41, 5.74) is -0.472. The van der Waals surface area contributed by atoms with Crippen molar-refractivity contribution in [3.63, 3.8) is 0 Å². The van der Waals surface area contributed by atoms with Gasteiger partial charge in [-0.25, -0.2) is 0 Å². The molecule has 2 N–H and O–H groups in total. The molecule has 1 aliphatic rings. The van der Waals surface area contributed by atoms with Crippen LogP contribution in [0.4, 0.5) is 0 Å². The van der Waals surface area contributed by atoms with E-state index in [1.165, 1.54) is 0 Å². The Balaban J connectivity index is 2.44. The molecule has 102 valence electrons. The lowest BCUT2D eigenvalue weighted by molar-refractivity contribution is -0.126. The number of hydrogen-bond donors (Lipinski definition) is 2. The molecule has 0 aromatic heterocycles. The van der Waals surface area contributed by atoms with Crippen LogP contribution in [-0.4, -0.2) is 50.1 Å². The van der Waals surface area contributed by atoms with Crippen LogP contribution in [0.5, 0.6) is 0 Å². The van der Waals surface area contributed by atoms with Crippen LogP contribution in [0.1, 0.15) is 26.2 Å². The number of nitrogens with zero attached hydrogens (tertiary/aromatic N) is 2. The molecule has 0 radical (unpaired) electrons. The molecule has 0 bridgehead atoms. The van der Waals surface area contributed by atoms with Gasteiger partial charge in [-0.3, -0.25) is 4.79 Å². The Bertz CT molecular complexity index is 325. The summed E-state index contributed by atoms with van der Waals surface area (Å²) in [5.74, 6) is 0.239. The molecule has 0 aromatic rings. The van der Waals surface area contributed by atoms with E-state index >= 15 is 0 Å². The first-order chi connectivity index (χ1) is 8.54. The molecular weight excluding hydrogens is 228 g/mol. The average Bonchev–Trinajstić information content (AvgIpc) is 2.44. The van der Waals surface area contributed by atoms with Crippen molar-refractivity contribution in [2.75, 3.05) is 33.7 Å². The number of nitrogens with one attached hydrogen (secondary N) is 2. The molecule has 1 saturated heterocycles. The molecule has 18 heavy (non-hydrogen) atoms. The van der Waals surface area contributed by atoms with Gasteiger partial charge in [0.15, 0.2) is 0 Å². The van der Waals surface area contributed by atoms with E-state index in [1.807, 2.05) is 14.0 Å². The van der Waals surface area contributed by atoms with Crippen LogP contribution in [0.25, 0.3) is 0 Å². The highest BCUT2D eigenvalue weighted by molar-refractivity contribution is 5.78. The minimum atomic E-state index is -0.472. The van der Waals surface area contributed by atoms with Gasteiger partial charge in [-0.05, 0) is 39.8 Å². The minimum Gasteiger partial charge on any atom is -0.359 e. The fourth-order valence-electron chi connectivity index (χ4n) is 2.30. The van der Waals surface area contributed by atoms with E-state index in [0.717, 1.165) is 38.9 Å². The number of likely N-dealkylation sites (tertiary alicyclic amines) is 1. The van der Waals surface area contributed by atoms with Gasteiger partial charge in [0, 0.05) is 20.1 Å². The second-order valence-corrected chi connectivity index (χ2v) is 5.20. The predicted molar refractivity (Wildman–Crippen MR) is 70.9 cm³/mol. The van der Waals surface area contributed by atoms with Crippen molar-refractivity contribution in [1.29, 1.82) is 5.26 Å². The number of hydrogen-bond acceptors (Lipinski definition) is 4. The molecule has 0 spiro atoms. The molecule has 5 heteroatoms. The number of nitriles is 1. The number of amides is 1. The molecule has 2 unspecified atom stereocenters. The molecule has 1 amide bonds. The second kappa shape index (κ2) is 6.72. The van der Waals surface area contributed by atoms with E-state index in [-0.39, 0.29) is 11.8 Å². The normalized spacial score (nSPS) is 24.0. The zero-order valence-corrected chi connectivity index (χ0v) is 11.6. The maximum Gasteiger partial charge on any atom is 0.224 e. The average molecular weight is 252 g/mol. The summed E-state index contributed by atoms with van der Waals surface area (Å²) in [6.07, 6.45) is 2.80. The van der Waals surface area contributed by atoms with Crippen molar-refractivity contribution >= 4 is 5.91 Å².